The minimum Gasteiger partial charge on any atom is -0.495 e. The first kappa shape index (κ1) is 17.6. The Morgan fingerprint density at radius 2 is 1.80 bits per heavy atom. The zero-order chi connectivity index (χ0) is 18.0. The second-order valence-electron chi connectivity index (χ2n) is 5.90. The summed E-state index contributed by atoms with van der Waals surface area (Å²) in [6, 6.07) is 10.0. The minimum absolute atomic E-state index is 0.124. The van der Waals surface area contributed by atoms with Crippen LogP contribution in [0.2, 0.25) is 0 Å². The third kappa shape index (κ3) is 3.72. The van der Waals surface area contributed by atoms with Gasteiger partial charge in [0.15, 0.2) is 11.5 Å². The van der Waals surface area contributed by atoms with Crippen molar-refractivity contribution in [2.45, 2.75) is 24.8 Å². The summed E-state index contributed by atoms with van der Waals surface area (Å²) in [7, 11) is -2.29. The monoisotopic (exact) mass is 363 g/mol. The number of fused-ring (bicyclic) bond motifs is 1. The lowest BCUT2D eigenvalue weighted by Crippen LogP contribution is -2.27. The second-order valence-corrected chi connectivity index (χ2v) is 7.58. The van der Waals surface area contributed by atoms with Crippen molar-refractivity contribution < 1.29 is 22.6 Å². The van der Waals surface area contributed by atoms with E-state index in [9.17, 15) is 8.42 Å². The molecule has 1 aliphatic heterocycles. The maximum Gasteiger partial charge on any atom is 0.244 e. The van der Waals surface area contributed by atoms with E-state index in [1.54, 1.807) is 31.2 Å². The van der Waals surface area contributed by atoms with Crippen LogP contribution in [0.25, 0.3) is 0 Å². The van der Waals surface area contributed by atoms with Crippen LogP contribution in [0.5, 0.6) is 17.2 Å². The van der Waals surface area contributed by atoms with Crippen molar-refractivity contribution in [3.8, 4) is 17.2 Å². The predicted octanol–water partition coefficient (Wildman–Crippen LogP) is 2.81. The lowest BCUT2D eigenvalue weighted by Gasteiger charge is -2.21. The molecule has 1 aliphatic rings. The Kier molecular flexibility index (Phi) is 4.87. The van der Waals surface area contributed by atoms with E-state index in [1.165, 1.54) is 7.11 Å². The fourth-order valence-corrected chi connectivity index (χ4v) is 4.17. The summed E-state index contributed by atoms with van der Waals surface area (Å²) < 4.78 is 44.5. The molecule has 0 radical (unpaired) electrons. The largest absolute Gasteiger partial charge is 0.495 e. The zero-order valence-corrected chi connectivity index (χ0v) is 15.2. The summed E-state index contributed by atoms with van der Waals surface area (Å²) >= 11 is 0. The normalized spacial score (nSPS) is 14.8. The number of ether oxygens (including phenoxy) is 3. The van der Waals surface area contributed by atoms with E-state index < -0.39 is 16.1 Å². The van der Waals surface area contributed by atoms with Crippen LogP contribution < -0.4 is 18.9 Å². The van der Waals surface area contributed by atoms with Crippen LogP contribution in [-0.4, -0.2) is 28.7 Å². The zero-order valence-electron chi connectivity index (χ0n) is 14.4. The van der Waals surface area contributed by atoms with Crippen LogP contribution >= 0.6 is 0 Å². The van der Waals surface area contributed by atoms with Gasteiger partial charge in [-0.3, -0.25) is 0 Å². The number of aryl methyl sites for hydroxylation is 1. The van der Waals surface area contributed by atoms with Gasteiger partial charge in [-0.05, 0) is 49.2 Å². The van der Waals surface area contributed by atoms with E-state index >= 15 is 0 Å². The van der Waals surface area contributed by atoms with Gasteiger partial charge in [0, 0.05) is 6.04 Å². The first-order chi connectivity index (χ1) is 11.9. The van der Waals surface area contributed by atoms with Crippen molar-refractivity contribution >= 4 is 10.0 Å². The number of hydrogen-bond acceptors (Lipinski definition) is 5. The van der Waals surface area contributed by atoms with Gasteiger partial charge in [-0.25, -0.2) is 13.1 Å². The summed E-state index contributed by atoms with van der Waals surface area (Å²) in [5.41, 5.74) is 1.63. The molecule has 0 spiro atoms. The summed E-state index contributed by atoms with van der Waals surface area (Å²) in [6.07, 6.45) is 0. The topological polar surface area (TPSA) is 73.9 Å². The van der Waals surface area contributed by atoms with Gasteiger partial charge in [-0.2, -0.15) is 0 Å². The van der Waals surface area contributed by atoms with E-state index in [0.29, 0.717) is 30.5 Å². The highest BCUT2D eigenvalue weighted by molar-refractivity contribution is 7.89. The van der Waals surface area contributed by atoms with Crippen molar-refractivity contribution in [1.82, 2.24) is 4.72 Å². The van der Waals surface area contributed by atoms with E-state index in [2.05, 4.69) is 4.72 Å². The Hall–Kier alpha value is -2.25. The molecule has 0 unspecified atom stereocenters. The highest BCUT2D eigenvalue weighted by atomic mass is 32.2. The van der Waals surface area contributed by atoms with Crippen LogP contribution in [0.4, 0.5) is 0 Å². The quantitative estimate of drug-likeness (QED) is 0.884. The van der Waals surface area contributed by atoms with Gasteiger partial charge in [-0.15, -0.1) is 0 Å². The average molecular weight is 363 g/mol. The molecule has 0 bridgehead atoms. The number of sulfonamides is 1. The summed E-state index contributed by atoms with van der Waals surface area (Å²) in [4.78, 5) is 0.124. The second kappa shape index (κ2) is 6.93. The molecule has 1 atom stereocenters. The summed E-state index contributed by atoms with van der Waals surface area (Å²) in [6.45, 7) is 4.62. The SMILES string of the molecule is COc1ccc(C)cc1S(=O)(=O)N[C@@H](C)c1ccc2c(c1)OCCO2. The fourth-order valence-electron chi connectivity index (χ4n) is 2.69. The van der Waals surface area contributed by atoms with Crippen LogP contribution in [-0.2, 0) is 10.0 Å². The molecule has 0 aromatic heterocycles. The highest BCUT2D eigenvalue weighted by Crippen LogP contribution is 2.33. The Bertz CT molecular complexity index is 879. The lowest BCUT2D eigenvalue weighted by molar-refractivity contribution is 0.171. The van der Waals surface area contributed by atoms with Gasteiger partial charge in [0.05, 0.1) is 7.11 Å². The molecule has 0 fully saturated rings. The van der Waals surface area contributed by atoms with Gasteiger partial charge in [0.25, 0.3) is 0 Å². The number of hydrogen-bond donors (Lipinski definition) is 1. The van der Waals surface area contributed by atoms with E-state index in [4.69, 9.17) is 14.2 Å². The molecule has 6 nitrogen and oxygen atoms in total. The van der Waals surface area contributed by atoms with Gasteiger partial charge < -0.3 is 14.2 Å². The number of benzene rings is 2. The molecule has 134 valence electrons. The molecule has 1 N–H and O–H groups in total. The predicted molar refractivity (Wildman–Crippen MR) is 93.9 cm³/mol. The fraction of sp³-hybridized carbons (Fsp3) is 0.333. The van der Waals surface area contributed by atoms with Gasteiger partial charge in [0.2, 0.25) is 10.0 Å². The first-order valence-corrected chi connectivity index (χ1v) is 9.45. The maximum absolute atomic E-state index is 12.8. The van der Waals surface area contributed by atoms with E-state index in [0.717, 1.165) is 11.1 Å². The van der Waals surface area contributed by atoms with Gasteiger partial charge in [0.1, 0.15) is 23.9 Å². The molecular formula is C18H21NO5S. The third-order valence-electron chi connectivity index (χ3n) is 4.01. The number of methoxy groups -OCH3 is 1. The van der Waals surface area contributed by atoms with Crippen molar-refractivity contribution in [3.05, 3.63) is 47.5 Å². The molecule has 2 aromatic carbocycles. The molecule has 1 heterocycles. The molecule has 25 heavy (non-hydrogen) atoms. The molecule has 3 rings (SSSR count). The number of rotatable bonds is 5. The van der Waals surface area contributed by atoms with Crippen LogP contribution in [0.1, 0.15) is 24.1 Å². The Balaban J connectivity index is 1.87. The maximum atomic E-state index is 12.8. The highest BCUT2D eigenvalue weighted by Gasteiger charge is 2.23. The van der Waals surface area contributed by atoms with Gasteiger partial charge >= 0.3 is 0 Å². The third-order valence-corrected chi connectivity index (χ3v) is 5.57. The van der Waals surface area contributed by atoms with Gasteiger partial charge in [-0.1, -0.05) is 12.1 Å². The van der Waals surface area contributed by atoms with E-state index in [-0.39, 0.29) is 4.90 Å². The van der Waals surface area contributed by atoms with Crippen LogP contribution in [0.15, 0.2) is 41.3 Å². The smallest absolute Gasteiger partial charge is 0.244 e. The summed E-state index contributed by atoms with van der Waals surface area (Å²) in [5, 5.41) is 0. The minimum atomic E-state index is -3.74. The van der Waals surface area contributed by atoms with E-state index in [1.807, 2.05) is 19.1 Å². The van der Waals surface area contributed by atoms with Crippen molar-refractivity contribution in [1.29, 1.82) is 0 Å². The standard InChI is InChI=1S/C18H21NO5S/c1-12-4-6-16(22-3)18(10-12)25(20,21)19-13(2)14-5-7-15-17(11-14)24-9-8-23-15/h4-7,10-11,13,19H,8-9H2,1-3H3/t13-/m0/s1. The van der Waals surface area contributed by atoms with Crippen molar-refractivity contribution in [2.24, 2.45) is 0 Å². The summed E-state index contributed by atoms with van der Waals surface area (Å²) in [5.74, 6) is 1.61. The first-order valence-electron chi connectivity index (χ1n) is 7.97. The molecule has 0 aliphatic carbocycles. The Morgan fingerprint density at radius 1 is 1.08 bits per heavy atom. The number of nitrogens with one attached hydrogen (secondary N) is 1. The Morgan fingerprint density at radius 3 is 2.52 bits per heavy atom. The molecule has 0 amide bonds. The molecule has 0 saturated heterocycles. The molecule has 7 heteroatoms. The van der Waals surface area contributed by atoms with Crippen molar-refractivity contribution in [2.75, 3.05) is 20.3 Å². The van der Waals surface area contributed by atoms with Crippen LogP contribution in [0, 0.1) is 6.92 Å². The molecule has 0 saturated carbocycles. The lowest BCUT2D eigenvalue weighted by atomic mass is 10.1. The van der Waals surface area contributed by atoms with Crippen LogP contribution in [0.3, 0.4) is 0 Å². The molecule has 2 aromatic rings. The molecular weight excluding hydrogens is 342 g/mol. The average Bonchev–Trinajstić information content (AvgIpc) is 2.61. The Labute approximate surface area is 147 Å². The van der Waals surface area contributed by atoms with Crippen molar-refractivity contribution in [3.63, 3.8) is 0 Å².